The summed E-state index contributed by atoms with van der Waals surface area (Å²) in [5.41, 5.74) is 18.2. The molecule has 0 aliphatic rings. The third kappa shape index (κ3) is 14.9. The average molecular weight is 1060 g/mol. The molecule has 0 atom stereocenters. The fourth-order valence-corrected chi connectivity index (χ4v) is 8.99. The van der Waals surface area contributed by atoms with E-state index < -0.39 is 0 Å². The van der Waals surface area contributed by atoms with E-state index in [1.807, 2.05) is 191 Å². The van der Waals surface area contributed by atoms with Gasteiger partial charge in [-0.25, -0.2) is 39.9 Å². The van der Waals surface area contributed by atoms with Gasteiger partial charge in [-0.2, -0.15) is 0 Å². The van der Waals surface area contributed by atoms with Gasteiger partial charge in [0.1, 0.15) is 11.6 Å². The van der Waals surface area contributed by atoms with Crippen molar-refractivity contribution in [3.05, 3.63) is 314 Å². The lowest BCUT2D eigenvalue weighted by Crippen LogP contribution is -1.99. The zero-order valence-corrected chi connectivity index (χ0v) is 46.3. The molecule has 0 spiro atoms. The zero-order chi connectivity index (χ0) is 56.3. The molecule has 0 aliphatic carbocycles. The number of benzene rings is 9. The maximum atomic E-state index is 4.93. The molecule has 8 nitrogen and oxygen atoms in total. The van der Waals surface area contributed by atoms with Gasteiger partial charge in [0.15, 0.2) is 17.5 Å². The fourth-order valence-electron chi connectivity index (χ4n) is 8.99. The minimum absolute atomic E-state index is 0.715. The Morgan fingerprint density at radius 1 is 0.183 bits per heavy atom. The summed E-state index contributed by atoms with van der Waals surface area (Å²) in [5, 5.41) is 0. The van der Waals surface area contributed by atoms with Gasteiger partial charge in [-0.05, 0) is 63.1 Å². The summed E-state index contributed by atoms with van der Waals surface area (Å²) in [4.78, 5) is 36.5. The Bertz CT molecular complexity index is 3550. The number of hydrogen-bond donors (Lipinski definition) is 0. The van der Waals surface area contributed by atoms with E-state index >= 15 is 0 Å². The Balaban J connectivity index is 0.000000123. The van der Waals surface area contributed by atoms with Gasteiger partial charge in [0.05, 0.1) is 28.5 Å². The summed E-state index contributed by atoms with van der Waals surface area (Å²) in [7, 11) is 0. The van der Waals surface area contributed by atoms with Crippen LogP contribution in [-0.2, 0) is 0 Å². The van der Waals surface area contributed by atoms with E-state index in [4.69, 9.17) is 4.98 Å². The van der Waals surface area contributed by atoms with Crippen molar-refractivity contribution < 1.29 is 0 Å². The molecule has 0 bridgehead atoms. The lowest BCUT2D eigenvalue weighted by Gasteiger charge is -2.10. The van der Waals surface area contributed by atoms with Crippen LogP contribution in [0, 0.1) is 27.7 Å². The summed E-state index contributed by atoms with van der Waals surface area (Å²) in [6.45, 7) is 7.92. The highest BCUT2D eigenvalue weighted by molar-refractivity contribution is 5.77. The minimum Gasteiger partial charge on any atom is -0.248 e. The predicted octanol–water partition coefficient (Wildman–Crippen LogP) is 18.1. The van der Waals surface area contributed by atoms with Gasteiger partial charge in [0.25, 0.3) is 0 Å². The molecule has 82 heavy (non-hydrogen) atoms. The normalized spacial score (nSPS) is 10.4. The number of nitrogens with zero attached hydrogens (tertiary/aromatic N) is 8. The quantitative estimate of drug-likeness (QED) is 0.141. The van der Waals surface area contributed by atoms with Crippen molar-refractivity contribution in [1.82, 2.24) is 39.9 Å². The van der Waals surface area contributed by atoms with E-state index in [1.54, 1.807) is 0 Å². The molecule has 0 fully saturated rings. The standard InChI is InChI=1S/C24H19N.2C17H14N2.C16H13N3/c1-18-12-14-21(15-13-18)24-17-22(19-8-4-2-5-9-19)16-23(25-24)20-10-6-3-7-11-20;1-13-18-16(14-8-4-2-5-9-14)12-17(19-13)15-10-6-3-7-11-15;1-13-12-16(14-8-4-2-5-9-14)19-17(18-13)15-10-6-3-7-11-15;1-12-17-15(13-8-4-2-5-9-13)19-16(18-12)14-10-6-3-7-11-14/h2-17H,1H3;2*2-12H,1H3;2-11H,1H3. The van der Waals surface area contributed by atoms with Crippen LogP contribution in [0.5, 0.6) is 0 Å². The first-order valence-electron chi connectivity index (χ1n) is 27.2. The van der Waals surface area contributed by atoms with Crippen molar-refractivity contribution in [2.75, 3.05) is 0 Å². The first kappa shape index (κ1) is 54.6. The second kappa shape index (κ2) is 27.3. The summed E-state index contributed by atoms with van der Waals surface area (Å²) in [6.07, 6.45) is 0. The lowest BCUT2D eigenvalue weighted by molar-refractivity contribution is 0.992. The van der Waals surface area contributed by atoms with E-state index in [0.717, 1.165) is 96.1 Å². The lowest BCUT2D eigenvalue weighted by atomic mass is 10.00. The molecule has 0 amide bonds. The molecule has 0 N–H and O–H groups in total. The molecular weight excluding hydrogens is 1000 g/mol. The van der Waals surface area contributed by atoms with Gasteiger partial charge >= 0.3 is 0 Å². The monoisotopic (exact) mass is 1060 g/mol. The predicted molar refractivity (Wildman–Crippen MR) is 336 cm³/mol. The summed E-state index contributed by atoms with van der Waals surface area (Å²) >= 11 is 0. The van der Waals surface area contributed by atoms with Crippen LogP contribution in [0.25, 0.3) is 102 Å². The van der Waals surface area contributed by atoms with Gasteiger partial charge in [-0.1, -0.05) is 272 Å². The van der Waals surface area contributed by atoms with Crippen LogP contribution < -0.4 is 0 Å². The molecule has 4 aromatic heterocycles. The summed E-state index contributed by atoms with van der Waals surface area (Å²) in [5.74, 6) is 3.73. The van der Waals surface area contributed by atoms with Crippen LogP contribution in [0.1, 0.15) is 22.9 Å². The topological polar surface area (TPSA) is 103 Å². The first-order chi connectivity index (χ1) is 40.3. The van der Waals surface area contributed by atoms with E-state index in [2.05, 4.69) is 163 Å². The summed E-state index contributed by atoms with van der Waals surface area (Å²) < 4.78 is 0. The third-order valence-corrected chi connectivity index (χ3v) is 13.1. The van der Waals surface area contributed by atoms with Crippen molar-refractivity contribution in [2.45, 2.75) is 27.7 Å². The average Bonchev–Trinajstić information content (AvgIpc) is 3.69. The molecule has 8 heteroatoms. The smallest absolute Gasteiger partial charge is 0.163 e. The van der Waals surface area contributed by atoms with Crippen LogP contribution >= 0.6 is 0 Å². The van der Waals surface area contributed by atoms with E-state index in [-0.39, 0.29) is 0 Å². The van der Waals surface area contributed by atoms with Crippen LogP contribution in [0.4, 0.5) is 0 Å². The van der Waals surface area contributed by atoms with Crippen molar-refractivity contribution in [1.29, 1.82) is 0 Å². The van der Waals surface area contributed by atoms with E-state index in [0.29, 0.717) is 11.6 Å². The highest BCUT2D eigenvalue weighted by atomic mass is 15.0. The van der Waals surface area contributed by atoms with Crippen molar-refractivity contribution >= 4 is 0 Å². The van der Waals surface area contributed by atoms with Crippen molar-refractivity contribution in [3.8, 4) is 102 Å². The van der Waals surface area contributed by atoms with E-state index in [9.17, 15) is 0 Å². The number of pyridine rings is 1. The van der Waals surface area contributed by atoms with Crippen LogP contribution in [0.3, 0.4) is 0 Å². The minimum atomic E-state index is 0.715. The molecule has 0 aliphatic heterocycles. The van der Waals surface area contributed by atoms with E-state index in [1.165, 1.54) is 16.7 Å². The molecular formula is C74H60N8. The first-order valence-corrected chi connectivity index (χ1v) is 27.2. The maximum absolute atomic E-state index is 4.93. The van der Waals surface area contributed by atoms with Gasteiger partial charge in [0, 0.05) is 50.2 Å². The highest BCUT2D eigenvalue weighted by Crippen LogP contribution is 2.31. The van der Waals surface area contributed by atoms with Gasteiger partial charge in [0.2, 0.25) is 0 Å². The molecule has 9 aromatic carbocycles. The summed E-state index contributed by atoms with van der Waals surface area (Å²) in [6, 6.07) is 98.3. The Morgan fingerprint density at radius 2 is 0.463 bits per heavy atom. The van der Waals surface area contributed by atoms with Crippen LogP contribution in [0.2, 0.25) is 0 Å². The maximum Gasteiger partial charge on any atom is 0.163 e. The van der Waals surface area contributed by atoms with Crippen molar-refractivity contribution in [3.63, 3.8) is 0 Å². The van der Waals surface area contributed by atoms with Gasteiger partial charge in [-0.15, -0.1) is 0 Å². The molecule has 396 valence electrons. The van der Waals surface area contributed by atoms with Gasteiger partial charge in [-0.3, -0.25) is 0 Å². The molecule has 4 heterocycles. The Morgan fingerprint density at radius 3 is 0.829 bits per heavy atom. The fraction of sp³-hybridized carbons (Fsp3) is 0.0541. The van der Waals surface area contributed by atoms with Crippen LogP contribution in [0.15, 0.2) is 291 Å². The second-order valence-corrected chi connectivity index (χ2v) is 19.4. The number of rotatable bonds is 9. The molecule has 0 unspecified atom stereocenters. The van der Waals surface area contributed by atoms with Crippen LogP contribution in [-0.4, -0.2) is 39.9 Å². The number of aryl methyl sites for hydroxylation is 4. The van der Waals surface area contributed by atoms with Gasteiger partial charge < -0.3 is 0 Å². The molecule has 0 saturated carbocycles. The molecule has 0 radical (unpaired) electrons. The Labute approximate surface area is 480 Å². The second-order valence-electron chi connectivity index (χ2n) is 19.4. The number of hydrogen-bond acceptors (Lipinski definition) is 8. The largest absolute Gasteiger partial charge is 0.248 e. The van der Waals surface area contributed by atoms with Crippen molar-refractivity contribution in [2.24, 2.45) is 0 Å². The SMILES string of the molecule is Cc1cc(-c2ccccc2)nc(-c2ccccc2)n1.Cc1ccc(-c2cc(-c3ccccc3)cc(-c3ccccc3)n2)cc1.Cc1nc(-c2ccccc2)cc(-c2ccccc2)n1.Cc1nc(-c2ccccc2)nc(-c2ccccc2)n1. The highest BCUT2D eigenvalue weighted by Gasteiger charge is 2.11. The Kier molecular flexibility index (Phi) is 18.2. The molecule has 13 rings (SSSR count). The molecule has 13 aromatic rings. The zero-order valence-electron chi connectivity index (χ0n) is 46.3. The Hall–Kier alpha value is -10.7. The third-order valence-electron chi connectivity index (χ3n) is 13.1. The number of aromatic nitrogens is 8. The molecule has 0 saturated heterocycles.